The summed E-state index contributed by atoms with van der Waals surface area (Å²) in [5.41, 5.74) is 0.748. The van der Waals surface area contributed by atoms with Gasteiger partial charge in [0.05, 0.1) is 19.3 Å². The summed E-state index contributed by atoms with van der Waals surface area (Å²) in [7, 11) is -2.74. The van der Waals surface area contributed by atoms with Crippen molar-refractivity contribution < 1.29 is 31.1 Å². The maximum atomic E-state index is 12.9. The molecular weight excluding hydrogens is 415 g/mol. The summed E-state index contributed by atoms with van der Waals surface area (Å²) >= 11 is 1.27. The Kier molecular flexibility index (Phi) is 7.33. The molecule has 10 heteroatoms. The second-order valence-corrected chi connectivity index (χ2v) is 9.36. The third-order valence-electron chi connectivity index (χ3n) is 4.24. The number of rotatable bonds is 9. The van der Waals surface area contributed by atoms with Gasteiger partial charge in [0.2, 0.25) is 10.0 Å². The van der Waals surface area contributed by atoms with Crippen molar-refractivity contribution in [3.8, 4) is 0 Å². The summed E-state index contributed by atoms with van der Waals surface area (Å²) in [6.45, 7) is 1.71. The number of unbranched alkanes of at least 4 members (excludes halogenated alkanes) is 1. The number of carbonyl (C=O) groups is 1. The molecule has 0 fully saturated rings. The minimum absolute atomic E-state index is 0.0602. The number of sulfonamides is 1. The first-order valence-corrected chi connectivity index (χ1v) is 11.1. The van der Waals surface area contributed by atoms with E-state index in [4.69, 9.17) is 0 Å². The smallest absolute Gasteiger partial charge is 0.389 e. The quantitative estimate of drug-likeness (QED) is 0.423. The van der Waals surface area contributed by atoms with Crippen LogP contribution in [0.5, 0.6) is 0 Å². The van der Waals surface area contributed by atoms with Crippen molar-refractivity contribution in [1.82, 2.24) is 0 Å². The molecule has 1 heterocycles. The van der Waals surface area contributed by atoms with Gasteiger partial charge in [0.1, 0.15) is 5.00 Å². The third kappa shape index (κ3) is 5.84. The molecule has 0 unspecified atom stereocenters. The molecule has 2 aromatic rings. The molecule has 1 aromatic carbocycles. The van der Waals surface area contributed by atoms with Crippen molar-refractivity contribution in [1.29, 1.82) is 0 Å². The summed E-state index contributed by atoms with van der Waals surface area (Å²) < 4.78 is 69.5. The predicted molar refractivity (Wildman–Crippen MR) is 104 cm³/mol. The fraction of sp³-hybridized carbons (Fsp3) is 0.500. The lowest BCUT2D eigenvalue weighted by molar-refractivity contribution is -0.140. The molecule has 0 aliphatic rings. The SMILES string of the molecule is COC(=O)CCS(=O)(=O)N(CCCCC(F)(F)F)c1sc2ccccc2c1C. The summed E-state index contributed by atoms with van der Waals surface area (Å²) in [6, 6.07) is 7.40. The van der Waals surface area contributed by atoms with Crippen molar-refractivity contribution in [2.75, 3.05) is 23.7 Å². The normalized spacial score (nSPS) is 12.3. The number of hydrogen-bond acceptors (Lipinski definition) is 5. The number of fused-ring (bicyclic) bond motifs is 1. The Morgan fingerprint density at radius 2 is 1.89 bits per heavy atom. The van der Waals surface area contributed by atoms with Gasteiger partial charge < -0.3 is 4.74 Å². The zero-order chi connectivity index (χ0) is 20.9. The molecule has 0 saturated carbocycles. The van der Waals surface area contributed by atoms with Gasteiger partial charge in [-0.2, -0.15) is 13.2 Å². The average Bonchev–Trinajstić information content (AvgIpc) is 2.95. The number of benzene rings is 1. The zero-order valence-corrected chi connectivity index (χ0v) is 17.2. The highest BCUT2D eigenvalue weighted by molar-refractivity contribution is 7.93. The minimum Gasteiger partial charge on any atom is -0.469 e. The van der Waals surface area contributed by atoms with Crippen molar-refractivity contribution in [2.45, 2.75) is 38.8 Å². The van der Waals surface area contributed by atoms with Gasteiger partial charge in [-0.15, -0.1) is 11.3 Å². The Morgan fingerprint density at radius 1 is 1.21 bits per heavy atom. The summed E-state index contributed by atoms with van der Waals surface area (Å²) in [6.07, 6.45) is -5.67. The van der Waals surface area contributed by atoms with E-state index in [-0.39, 0.29) is 25.8 Å². The van der Waals surface area contributed by atoms with E-state index in [0.29, 0.717) is 5.00 Å². The van der Waals surface area contributed by atoms with E-state index in [1.807, 2.05) is 24.3 Å². The second-order valence-electron chi connectivity index (χ2n) is 6.31. The van der Waals surface area contributed by atoms with E-state index < -0.39 is 34.3 Å². The first kappa shape index (κ1) is 22.5. The maximum absolute atomic E-state index is 12.9. The number of carbonyl (C=O) groups excluding carboxylic acids is 1. The molecule has 0 aliphatic carbocycles. The van der Waals surface area contributed by atoms with Crippen LogP contribution in [-0.2, 0) is 19.6 Å². The standard InChI is InChI=1S/C18H22F3NO4S2/c1-13-14-7-3-4-8-15(14)27-17(13)22(11-6-5-10-18(19,20)21)28(24,25)12-9-16(23)26-2/h3-4,7-8H,5-6,9-12H2,1-2H3. The number of thiophene rings is 1. The van der Waals surface area contributed by atoms with Crippen LogP contribution in [0.2, 0.25) is 0 Å². The molecule has 0 N–H and O–H groups in total. The fourth-order valence-corrected chi connectivity index (χ4v) is 5.81. The molecule has 0 amide bonds. The number of anilines is 1. The zero-order valence-electron chi connectivity index (χ0n) is 15.6. The fourth-order valence-electron chi connectivity index (χ4n) is 2.77. The van der Waals surface area contributed by atoms with Crippen molar-refractivity contribution >= 4 is 42.4 Å². The Balaban J connectivity index is 2.29. The van der Waals surface area contributed by atoms with Crippen LogP contribution in [0.3, 0.4) is 0 Å². The van der Waals surface area contributed by atoms with E-state index in [0.717, 1.165) is 20.0 Å². The van der Waals surface area contributed by atoms with E-state index in [1.165, 1.54) is 18.4 Å². The first-order chi connectivity index (χ1) is 13.0. The van der Waals surface area contributed by atoms with Crippen LogP contribution < -0.4 is 4.31 Å². The molecule has 5 nitrogen and oxygen atoms in total. The van der Waals surface area contributed by atoms with Crippen LogP contribution in [0.1, 0.15) is 31.2 Å². The number of alkyl halides is 3. The maximum Gasteiger partial charge on any atom is 0.389 e. The second kappa shape index (κ2) is 9.13. The highest BCUT2D eigenvalue weighted by Gasteiger charge is 2.29. The van der Waals surface area contributed by atoms with Gasteiger partial charge in [0, 0.05) is 17.7 Å². The predicted octanol–water partition coefficient (Wildman–Crippen LogP) is 4.64. The largest absolute Gasteiger partial charge is 0.469 e. The van der Waals surface area contributed by atoms with Crippen molar-refractivity contribution in [3.05, 3.63) is 29.8 Å². The molecule has 1 aromatic heterocycles. The van der Waals surface area contributed by atoms with Crippen LogP contribution >= 0.6 is 11.3 Å². The molecule has 0 radical (unpaired) electrons. The molecule has 28 heavy (non-hydrogen) atoms. The summed E-state index contributed by atoms with van der Waals surface area (Å²) in [4.78, 5) is 11.4. The highest BCUT2D eigenvalue weighted by Crippen LogP contribution is 2.39. The van der Waals surface area contributed by atoms with Crippen LogP contribution in [-0.4, -0.2) is 40.0 Å². The topological polar surface area (TPSA) is 63.7 Å². The van der Waals surface area contributed by atoms with E-state index in [2.05, 4.69) is 4.74 Å². The van der Waals surface area contributed by atoms with Gasteiger partial charge in [-0.05, 0) is 36.8 Å². The van der Waals surface area contributed by atoms with Crippen LogP contribution in [0, 0.1) is 6.92 Å². The lowest BCUT2D eigenvalue weighted by Crippen LogP contribution is -2.34. The Hall–Kier alpha value is -1.81. The van der Waals surface area contributed by atoms with E-state index in [9.17, 15) is 26.4 Å². The molecule has 0 saturated heterocycles. The van der Waals surface area contributed by atoms with E-state index >= 15 is 0 Å². The minimum atomic E-state index is -4.28. The third-order valence-corrected chi connectivity index (χ3v) is 7.41. The Bertz CT molecular complexity index is 923. The van der Waals surface area contributed by atoms with Gasteiger partial charge in [-0.1, -0.05) is 18.2 Å². The molecule has 0 atom stereocenters. The number of hydrogen-bond donors (Lipinski definition) is 0. The number of ether oxygens (including phenoxy) is 1. The molecule has 0 bridgehead atoms. The van der Waals surface area contributed by atoms with Gasteiger partial charge >= 0.3 is 12.1 Å². The van der Waals surface area contributed by atoms with Gasteiger partial charge in [-0.25, -0.2) is 8.42 Å². The monoisotopic (exact) mass is 437 g/mol. The molecule has 0 spiro atoms. The first-order valence-electron chi connectivity index (χ1n) is 8.67. The molecule has 2 rings (SSSR count). The average molecular weight is 438 g/mol. The molecule has 0 aliphatic heterocycles. The van der Waals surface area contributed by atoms with Crippen LogP contribution in [0.15, 0.2) is 24.3 Å². The molecular formula is C18H22F3NO4S2. The summed E-state index contributed by atoms with van der Waals surface area (Å²) in [5, 5.41) is 1.36. The van der Waals surface area contributed by atoms with Gasteiger partial charge in [0.25, 0.3) is 0 Å². The highest BCUT2D eigenvalue weighted by atomic mass is 32.2. The van der Waals surface area contributed by atoms with Crippen LogP contribution in [0.25, 0.3) is 10.1 Å². The van der Waals surface area contributed by atoms with Crippen molar-refractivity contribution in [2.24, 2.45) is 0 Å². The Morgan fingerprint density at radius 3 is 2.50 bits per heavy atom. The van der Waals surface area contributed by atoms with Crippen molar-refractivity contribution in [3.63, 3.8) is 0 Å². The number of halogens is 3. The van der Waals surface area contributed by atoms with Gasteiger partial charge in [0.15, 0.2) is 0 Å². The summed E-state index contributed by atoms with van der Waals surface area (Å²) in [5.74, 6) is -1.12. The number of methoxy groups -OCH3 is 1. The number of aryl methyl sites for hydroxylation is 1. The van der Waals surface area contributed by atoms with E-state index in [1.54, 1.807) is 6.92 Å². The molecule has 156 valence electrons. The number of nitrogens with zero attached hydrogens (tertiary/aromatic N) is 1. The lowest BCUT2D eigenvalue weighted by atomic mass is 10.2. The van der Waals surface area contributed by atoms with Crippen LogP contribution in [0.4, 0.5) is 18.2 Å². The lowest BCUT2D eigenvalue weighted by Gasteiger charge is -2.24. The number of esters is 1. The van der Waals surface area contributed by atoms with Gasteiger partial charge in [-0.3, -0.25) is 9.10 Å². The Labute approximate surface area is 166 Å².